The van der Waals surface area contributed by atoms with Gasteiger partial charge < -0.3 is 9.47 Å². The van der Waals surface area contributed by atoms with Crippen LogP contribution in [0.5, 0.6) is 11.5 Å². The minimum atomic E-state index is -2.92. The Bertz CT molecular complexity index is 763. The van der Waals surface area contributed by atoms with Crippen molar-refractivity contribution in [2.24, 2.45) is 10.9 Å². The Hall–Kier alpha value is -1.92. The average Bonchev–Trinajstić information content (AvgIpc) is 3.38. The number of aromatic nitrogens is 1. The van der Waals surface area contributed by atoms with Gasteiger partial charge in [0.25, 0.3) is 0 Å². The summed E-state index contributed by atoms with van der Waals surface area (Å²) in [6.45, 7) is -2.44. The van der Waals surface area contributed by atoms with Crippen LogP contribution in [-0.4, -0.2) is 24.4 Å². The van der Waals surface area contributed by atoms with Crippen LogP contribution < -0.4 is 9.47 Å². The normalized spacial score (nSPS) is 14.3. The molecule has 0 atom stereocenters. The van der Waals surface area contributed by atoms with Gasteiger partial charge in [0.2, 0.25) is 0 Å². The molecule has 0 bridgehead atoms. The maximum Gasteiger partial charge on any atom is 0.387 e. The number of alkyl halides is 2. The lowest BCUT2D eigenvalue weighted by molar-refractivity contribution is -0.0515. The van der Waals surface area contributed by atoms with Crippen molar-refractivity contribution in [1.82, 2.24) is 4.98 Å². The van der Waals surface area contributed by atoms with E-state index in [1.807, 2.05) is 0 Å². The second-order valence-electron chi connectivity index (χ2n) is 5.55. The molecule has 0 spiro atoms. The summed E-state index contributed by atoms with van der Waals surface area (Å²) in [5.74, 6) is 0.724. The van der Waals surface area contributed by atoms with Crippen molar-refractivity contribution in [3.8, 4) is 11.5 Å². The van der Waals surface area contributed by atoms with E-state index in [4.69, 9.17) is 27.9 Å². The van der Waals surface area contributed by atoms with Crippen LogP contribution in [0.15, 0.2) is 35.6 Å². The number of hydrogen-bond donors (Lipinski definition) is 0. The van der Waals surface area contributed by atoms with Gasteiger partial charge in [-0.3, -0.25) is 9.98 Å². The third-order valence-corrected chi connectivity index (χ3v) is 4.08. The van der Waals surface area contributed by atoms with Crippen LogP contribution in [0.1, 0.15) is 18.4 Å². The number of pyridine rings is 1. The Morgan fingerprint density at radius 2 is 1.92 bits per heavy atom. The number of rotatable bonds is 7. The van der Waals surface area contributed by atoms with Crippen molar-refractivity contribution in [3.63, 3.8) is 0 Å². The quantitative estimate of drug-likeness (QED) is 0.587. The van der Waals surface area contributed by atoms with E-state index in [9.17, 15) is 8.78 Å². The lowest BCUT2D eigenvalue weighted by Crippen LogP contribution is -2.06. The lowest BCUT2D eigenvalue weighted by atomic mass is 10.2. The van der Waals surface area contributed by atoms with Crippen molar-refractivity contribution in [3.05, 3.63) is 46.2 Å². The zero-order valence-corrected chi connectivity index (χ0v) is 14.5. The van der Waals surface area contributed by atoms with Crippen LogP contribution in [0.4, 0.5) is 14.5 Å². The average molecular weight is 387 g/mol. The number of benzene rings is 1. The minimum absolute atomic E-state index is 0.00669. The predicted molar refractivity (Wildman–Crippen MR) is 92.8 cm³/mol. The Kier molecular flexibility index (Phi) is 5.71. The SMILES string of the molecule is FC(F)Oc1ccc(/C=N\c2c(Cl)cncc2Cl)cc1OCC1CC1. The highest BCUT2D eigenvalue weighted by atomic mass is 35.5. The molecule has 0 N–H and O–H groups in total. The van der Waals surface area contributed by atoms with Crippen LogP contribution in [0.25, 0.3) is 0 Å². The molecule has 0 radical (unpaired) electrons. The number of halogens is 4. The van der Waals surface area contributed by atoms with Crippen molar-refractivity contribution < 1.29 is 18.3 Å². The maximum absolute atomic E-state index is 12.5. The molecule has 1 saturated carbocycles. The van der Waals surface area contributed by atoms with Gasteiger partial charge in [0.15, 0.2) is 11.5 Å². The molecule has 8 heteroatoms. The van der Waals surface area contributed by atoms with Gasteiger partial charge in [-0.2, -0.15) is 8.78 Å². The van der Waals surface area contributed by atoms with Gasteiger partial charge >= 0.3 is 6.61 Å². The first-order chi connectivity index (χ1) is 12.0. The Balaban J connectivity index is 1.82. The molecule has 1 aromatic carbocycles. The van der Waals surface area contributed by atoms with Crippen molar-refractivity contribution in [2.45, 2.75) is 19.5 Å². The molecule has 1 aromatic heterocycles. The van der Waals surface area contributed by atoms with E-state index < -0.39 is 6.61 Å². The maximum atomic E-state index is 12.5. The Morgan fingerprint density at radius 1 is 1.20 bits per heavy atom. The Labute approximate surface area is 153 Å². The van der Waals surface area contributed by atoms with Gasteiger partial charge in [0.1, 0.15) is 5.69 Å². The van der Waals surface area contributed by atoms with Gasteiger partial charge in [0.05, 0.1) is 16.7 Å². The summed E-state index contributed by atoms with van der Waals surface area (Å²) in [5.41, 5.74) is 1.02. The fourth-order valence-electron chi connectivity index (χ4n) is 2.07. The van der Waals surface area contributed by atoms with E-state index in [1.165, 1.54) is 24.7 Å². The van der Waals surface area contributed by atoms with E-state index >= 15 is 0 Å². The van der Waals surface area contributed by atoms with E-state index in [1.54, 1.807) is 12.1 Å². The standard InChI is InChI=1S/C17H14Cl2F2N2O2/c18-12-7-22-8-13(19)16(12)23-6-11-3-4-14(25-17(20)21)15(5-11)24-9-10-1-2-10/h3-8,10,17H,1-2,9H2/b23-6-. The smallest absolute Gasteiger partial charge is 0.387 e. The van der Waals surface area contributed by atoms with Crippen molar-refractivity contribution in [2.75, 3.05) is 6.61 Å². The van der Waals surface area contributed by atoms with Crippen LogP contribution in [0.3, 0.4) is 0 Å². The van der Waals surface area contributed by atoms with E-state index in [0.29, 0.717) is 33.8 Å². The molecule has 1 fully saturated rings. The van der Waals surface area contributed by atoms with Crippen LogP contribution in [-0.2, 0) is 0 Å². The molecule has 1 aliphatic rings. The highest BCUT2D eigenvalue weighted by Crippen LogP contribution is 2.35. The van der Waals surface area contributed by atoms with Gasteiger partial charge in [0, 0.05) is 18.6 Å². The molecule has 0 amide bonds. The summed E-state index contributed by atoms with van der Waals surface area (Å²) in [7, 11) is 0. The number of nitrogens with zero attached hydrogens (tertiary/aromatic N) is 2. The van der Waals surface area contributed by atoms with Gasteiger partial charge in [-0.1, -0.05) is 23.2 Å². The summed E-state index contributed by atoms with van der Waals surface area (Å²) in [6, 6.07) is 4.60. The van der Waals surface area contributed by atoms with Crippen LogP contribution in [0.2, 0.25) is 10.0 Å². The summed E-state index contributed by atoms with van der Waals surface area (Å²) >= 11 is 12.0. The molecule has 3 rings (SSSR count). The van der Waals surface area contributed by atoms with E-state index in [-0.39, 0.29) is 11.5 Å². The second kappa shape index (κ2) is 7.97. The molecule has 1 heterocycles. The van der Waals surface area contributed by atoms with Gasteiger partial charge in [-0.15, -0.1) is 0 Å². The van der Waals surface area contributed by atoms with Crippen molar-refractivity contribution in [1.29, 1.82) is 0 Å². The summed E-state index contributed by atoms with van der Waals surface area (Å²) in [5, 5.41) is 0.623. The molecule has 132 valence electrons. The number of ether oxygens (including phenoxy) is 2. The zero-order chi connectivity index (χ0) is 17.8. The molecule has 1 aliphatic carbocycles. The third kappa shape index (κ3) is 5.03. The van der Waals surface area contributed by atoms with Crippen LogP contribution >= 0.6 is 23.2 Å². The first-order valence-electron chi connectivity index (χ1n) is 7.57. The predicted octanol–water partition coefficient (Wildman–Crippen LogP) is 5.53. The number of aliphatic imine (C=N–C) groups is 1. The first kappa shape index (κ1) is 17.9. The minimum Gasteiger partial charge on any atom is -0.489 e. The molecule has 0 saturated heterocycles. The highest BCUT2D eigenvalue weighted by Gasteiger charge is 2.23. The summed E-state index contributed by atoms with van der Waals surface area (Å²) in [4.78, 5) is 8.10. The molecule has 0 aliphatic heterocycles. The summed E-state index contributed by atoms with van der Waals surface area (Å²) in [6.07, 6.45) is 6.56. The number of hydrogen-bond acceptors (Lipinski definition) is 4. The Morgan fingerprint density at radius 3 is 2.56 bits per heavy atom. The molecular formula is C17H14Cl2F2N2O2. The molecular weight excluding hydrogens is 373 g/mol. The van der Waals surface area contributed by atoms with Crippen LogP contribution in [0, 0.1) is 5.92 Å². The molecule has 25 heavy (non-hydrogen) atoms. The topological polar surface area (TPSA) is 43.7 Å². The molecule has 4 nitrogen and oxygen atoms in total. The second-order valence-corrected chi connectivity index (χ2v) is 6.36. The van der Waals surface area contributed by atoms with Crippen molar-refractivity contribution >= 4 is 35.1 Å². The third-order valence-electron chi connectivity index (χ3n) is 3.53. The van der Waals surface area contributed by atoms with Gasteiger partial charge in [-0.05, 0) is 42.5 Å². The van der Waals surface area contributed by atoms with E-state index in [0.717, 1.165) is 12.8 Å². The van der Waals surface area contributed by atoms with Gasteiger partial charge in [-0.25, -0.2) is 0 Å². The zero-order valence-electron chi connectivity index (χ0n) is 13.0. The lowest BCUT2D eigenvalue weighted by Gasteiger charge is -2.12. The largest absolute Gasteiger partial charge is 0.489 e. The molecule has 2 aromatic rings. The molecule has 0 unspecified atom stereocenters. The van der Waals surface area contributed by atoms with E-state index in [2.05, 4.69) is 14.7 Å². The fraction of sp³-hybridized carbons (Fsp3) is 0.294. The fourth-order valence-corrected chi connectivity index (χ4v) is 2.53. The first-order valence-corrected chi connectivity index (χ1v) is 8.33. The monoisotopic (exact) mass is 386 g/mol. The summed E-state index contributed by atoms with van der Waals surface area (Å²) < 4.78 is 35.2. The highest BCUT2D eigenvalue weighted by molar-refractivity contribution is 6.38.